The second-order valence-corrected chi connectivity index (χ2v) is 4.56. The third-order valence-corrected chi connectivity index (χ3v) is 3.06. The lowest BCUT2D eigenvalue weighted by Gasteiger charge is -2.07. The average molecular weight is 282 g/mol. The van der Waals surface area contributed by atoms with Gasteiger partial charge in [-0.3, -0.25) is 4.79 Å². The van der Waals surface area contributed by atoms with Crippen LogP contribution in [0, 0.1) is 18.6 Å². The summed E-state index contributed by atoms with van der Waals surface area (Å²) in [6.07, 6.45) is 0. The summed E-state index contributed by atoms with van der Waals surface area (Å²) in [5.74, 6) is -2.14. The number of nitrogen functional groups attached to an aromatic ring is 1. The summed E-state index contributed by atoms with van der Waals surface area (Å²) in [5, 5.41) is 0.139. The fraction of sp³-hybridized carbons (Fsp3) is 0.0714. The van der Waals surface area contributed by atoms with Gasteiger partial charge in [-0.2, -0.15) is 0 Å². The van der Waals surface area contributed by atoms with Gasteiger partial charge < -0.3 is 5.73 Å². The molecule has 0 aliphatic carbocycles. The van der Waals surface area contributed by atoms with Crippen LogP contribution in [0.15, 0.2) is 30.3 Å². The van der Waals surface area contributed by atoms with Crippen molar-refractivity contribution in [2.24, 2.45) is 0 Å². The number of anilines is 1. The van der Waals surface area contributed by atoms with E-state index in [4.69, 9.17) is 17.3 Å². The van der Waals surface area contributed by atoms with E-state index < -0.39 is 17.4 Å². The lowest BCUT2D eigenvalue weighted by molar-refractivity contribution is 0.103. The lowest BCUT2D eigenvalue weighted by Crippen LogP contribution is -2.07. The molecule has 0 aliphatic rings. The van der Waals surface area contributed by atoms with Crippen LogP contribution in [0.4, 0.5) is 14.5 Å². The maximum absolute atomic E-state index is 13.7. The van der Waals surface area contributed by atoms with E-state index in [1.54, 1.807) is 0 Å². The lowest BCUT2D eigenvalue weighted by atomic mass is 10.0. The van der Waals surface area contributed by atoms with Crippen molar-refractivity contribution in [1.29, 1.82) is 0 Å². The number of hydrogen-bond donors (Lipinski definition) is 1. The molecule has 98 valence electrons. The van der Waals surface area contributed by atoms with E-state index in [1.165, 1.54) is 25.1 Å². The van der Waals surface area contributed by atoms with Gasteiger partial charge in [0, 0.05) is 11.3 Å². The van der Waals surface area contributed by atoms with E-state index in [-0.39, 0.29) is 21.7 Å². The molecule has 2 aromatic rings. The van der Waals surface area contributed by atoms with Crippen LogP contribution in [-0.4, -0.2) is 5.78 Å². The monoisotopic (exact) mass is 281 g/mol. The molecule has 0 heterocycles. The maximum atomic E-state index is 13.7. The van der Waals surface area contributed by atoms with Crippen molar-refractivity contribution in [3.05, 3.63) is 63.7 Å². The Balaban J connectivity index is 2.56. The quantitative estimate of drug-likeness (QED) is 0.673. The molecule has 0 saturated carbocycles. The van der Waals surface area contributed by atoms with Crippen LogP contribution < -0.4 is 5.73 Å². The largest absolute Gasteiger partial charge is 0.399 e. The van der Waals surface area contributed by atoms with Crippen LogP contribution in [0.3, 0.4) is 0 Å². The Hall–Kier alpha value is -1.94. The molecule has 0 spiro atoms. The molecule has 2 rings (SSSR count). The van der Waals surface area contributed by atoms with E-state index >= 15 is 0 Å². The average Bonchev–Trinajstić information content (AvgIpc) is 2.36. The smallest absolute Gasteiger partial charge is 0.197 e. The number of halogens is 3. The number of hydrogen-bond acceptors (Lipinski definition) is 2. The summed E-state index contributed by atoms with van der Waals surface area (Å²) in [7, 11) is 0. The van der Waals surface area contributed by atoms with E-state index in [2.05, 4.69) is 0 Å². The molecular formula is C14H10ClF2NO. The highest BCUT2D eigenvalue weighted by atomic mass is 35.5. The van der Waals surface area contributed by atoms with Gasteiger partial charge >= 0.3 is 0 Å². The number of benzene rings is 2. The highest BCUT2D eigenvalue weighted by molar-refractivity contribution is 6.35. The fourth-order valence-corrected chi connectivity index (χ4v) is 1.89. The van der Waals surface area contributed by atoms with Gasteiger partial charge in [-0.05, 0) is 42.8 Å². The van der Waals surface area contributed by atoms with Crippen molar-refractivity contribution in [2.75, 3.05) is 5.73 Å². The zero-order chi connectivity index (χ0) is 14.2. The van der Waals surface area contributed by atoms with Crippen LogP contribution in [0.2, 0.25) is 5.02 Å². The molecule has 0 aromatic heterocycles. The van der Waals surface area contributed by atoms with E-state index in [0.29, 0.717) is 5.69 Å². The van der Waals surface area contributed by atoms with Gasteiger partial charge in [0.1, 0.15) is 11.6 Å². The molecule has 0 aliphatic heterocycles. The number of rotatable bonds is 2. The first-order valence-electron chi connectivity index (χ1n) is 5.45. The van der Waals surface area contributed by atoms with Crippen molar-refractivity contribution in [2.45, 2.75) is 6.92 Å². The standard InChI is InChI=1S/C14H10ClF2NO/c1-7-4-13(17)10(6-12(7)16)14(19)9-5-8(18)2-3-11(9)15/h2-6H,18H2,1H3. The Bertz CT molecular complexity index is 671. The molecule has 0 saturated heterocycles. The Morgan fingerprint density at radius 1 is 1.11 bits per heavy atom. The molecule has 2 N–H and O–H groups in total. The third kappa shape index (κ3) is 2.58. The first-order chi connectivity index (χ1) is 8.90. The van der Waals surface area contributed by atoms with Crippen molar-refractivity contribution in [3.63, 3.8) is 0 Å². The number of nitrogens with two attached hydrogens (primary N) is 1. The minimum absolute atomic E-state index is 0.0452. The molecule has 0 unspecified atom stereocenters. The minimum Gasteiger partial charge on any atom is -0.399 e. The molecule has 19 heavy (non-hydrogen) atoms. The van der Waals surface area contributed by atoms with Crippen molar-refractivity contribution in [3.8, 4) is 0 Å². The molecule has 2 aromatic carbocycles. The Labute approximate surface area is 113 Å². The number of carbonyl (C=O) groups excluding carboxylic acids is 1. The molecule has 2 nitrogen and oxygen atoms in total. The second kappa shape index (κ2) is 4.97. The second-order valence-electron chi connectivity index (χ2n) is 4.15. The van der Waals surface area contributed by atoms with Crippen molar-refractivity contribution < 1.29 is 13.6 Å². The molecule has 5 heteroatoms. The Morgan fingerprint density at radius 2 is 1.79 bits per heavy atom. The normalized spacial score (nSPS) is 10.5. The number of ketones is 1. The van der Waals surface area contributed by atoms with Crippen LogP contribution in [0.5, 0.6) is 0 Å². The predicted octanol–water partition coefficient (Wildman–Crippen LogP) is 3.74. The number of carbonyl (C=O) groups is 1. The summed E-state index contributed by atoms with van der Waals surface area (Å²) in [4.78, 5) is 12.2. The zero-order valence-corrected chi connectivity index (χ0v) is 10.8. The molecule has 0 radical (unpaired) electrons. The zero-order valence-electron chi connectivity index (χ0n) is 10.0. The molecule has 0 atom stereocenters. The third-order valence-electron chi connectivity index (χ3n) is 2.73. The van der Waals surface area contributed by atoms with Gasteiger partial charge in [-0.15, -0.1) is 0 Å². The topological polar surface area (TPSA) is 43.1 Å². The summed E-state index contributed by atoms with van der Waals surface area (Å²) >= 11 is 5.87. The fourth-order valence-electron chi connectivity index (χ4n) is 1.68. The SMILES string of the molecule is Cc1cc(F)c(C(=O)c2cc(N)ccc2Cl)cc1F. The van der Waals surface area contributed by atoms with Gasteiger partial charge in [0.05, 0.1) is 10.6 Å². The molecule has 0 fully saturated rings. The first-order valence-corrected chi connectivity index (χ1v) is 5.83. The van der Waals surface area contributed by atoms with E-state index in [1.807, 2.05) is 0 Å². The highest BCUT2D eigenvalue weighted by Crippen LogP contribution is 2.24. The molecular weight excluding hydrogens is 272 g/mol. The van der Waals surface area contributed by atoms with Crippen LogP contribution in [0.1, 0.15) is 21.5 Å². The summed E-state index contributed by atoms with van der Waals surface area (Å²) in [6, 6.07) is 6.13. The van der Waals surface area contributed by atoms with Gasteiger partial charge in [0.15, 0.2) is 5.78 Å². The van der Waals surface area contributed by atoms with E-state index in [9.17, 15) is 13.6 Å². The van der Waals surface area contributed by atoms with Gasteiger partial charge in [-0.1, -0.05) is 11.6 Å². The maximum Gasteiger partial charge on any atom is 0.197 e. The first kappa shape index (κ1) is 13.5. The van der Waals surface area contributed by atoms with Gasteiger partial charge in [0.25, 0.3) is 0 Å². The molecule has 0 amide bonds. The van der Waals surface area contributed by atoms with Crippen LogP contribution in [0.25, 0.3) is 0 Å². The van der Waals surface area contributed by atoms with Crippen LogP contribution in [-0.2, 0) is 0 Å². The van der Waals surface area contributed by atoms with Gasteiger partial charge in [-0.25, -0.2) is 8.78 Å². The minimum atomic E-state index is -0.789. The summed E-state index contributed by atoms with van der Waals surface area (Å²) in [6.45, 7) is 1.42. The summed E-state index contributed by atoms with van der Waals surface area (Å²) < 4.78 is 27.2. The number of aryl methyl sites for hydroxylation is 1. The van der Waals surface area contributed by atoms with E-state index in [0.717, 1.165) is 12.1 Å². The Morgan fingerprint density at radius 3 is 2.47 bits per heavy atom. The Kier molecular flexibility index (Phi) is 3.53. The predicted molar refractivity (Wildman–Crippen MR) is 70.4 cm³/mol. The van der Waals surface area contributed by atoms with Crippen molar-refractivity contribution in [1.82, 2.24) is 0 Å². The summed E-state index contributed by atoms with van der Waals surface area (Å²) in [5.41, 5.74) is 5.69. The molecule has 0 bridgehead atoms. The van der Waals surface area contributed by atoms with Crippen LogP contribution >= 0.6 is 11.6 Å². The van der Waals surface area contributed by atoms with Gasteiger partial charge in [0.2, 0.25) is 0 Å². The van der Waals surface area contributed by atoms with Crippen molar-refractivity contribution >= 4 is 23.1 Å². The highest BCUT2D eigenvalue weighted by Gasteiger charge is 2.19.